The van der Waals surface area contributed by atoms with Gasteiger partial charge in [-0.2, -0.15) is 22.0 Å². The van der Waals surface area contributed by atoms with Crippen LogP contribution in [0.4, 0.5) is 22.0 Å². The SMILES string of the molecule is CCOc1cc(C=CC(=O)n2ccc(=NCC(F)(F)F)cc2)ccc1OC(F)F. The van der Waals surface area contributed by atoms with Gasteiger partial charge < -0.3 is 9.47 Å². The molecule has 156 valence electrons. The van der Waals surface area contributed by atoms with Crippen molar-refractivity contribution in [1.29, 1.82) is 0 Å². The molecule has 0 radical (unpaired) electrons. The molecule has 0 unspecified atom stereocenters. The lowest BCUT2D eigenvalue weighted by Crippen LogP contribution is -2.16. The zero-order valence-electron chi connectivity index (χ0n) is 15.2. The Morgan fingerprint density at radius 2 is 1.86 bits per heavy atom. The molecule has 0 amide bonds. The van der Waals surface area contributed by atoms with Crippen molar-refractivity contribution in [2.45, 2.75) is 19.7 Å². The Kier molecular flexibility index (Phi) is 7.52. The Morgan fingerprint density at radius 1 is 1.17 bits per heavy atom. The van der Waals surface area contributed by atoms with Gasteiger partial charge in [-0.25, -0.2) is 0 Å². The number of nitrogens with zero attached hydrogens (tertiary/aromatic N) is 2. The van der Waals surface area contributed by atoms with Gasteiger partial charge in [0.15, 0.2) is 11.5 Å². The van der Waals surface area contributed by atoms with Crippen LogP contribution < -0.4 is 14.8 Å². The molecular weight excluding hydrogens is 399 g/mol. The standard InChI is InChI=1S/C19H17F5N2O3/c1-2-28-16-11-13(3-5-15(16)29-18(20)21)4-6-17(27)26-9-7-14(8-10-26)25-12-19(22,23)24/h3-11,18H,2,12H2,1H3. The largest absolute Gasteiger partial charge is 0.490 e. The maximum Gasteiger partial charge on any atom is 0.407 e. The molecule has 2 aromatic rings. The number of aromatic nitrogens is 1. The van der Waals surface area contributed by atoms with Crippen molar-refractivity contribution in [3.8, 4) is 11.5 Å². The third-order valence-corrected chi connectivity index (χ3v) is 3.41. The summed E-state index contributed by atoms with van der Waals surface area (Å²) in [7, 11) is 0. The number of hydrogen-bond acceptors (Lipinski definition) is 4. The maximum atomic E-state index is 12.4. The molecule has 0 saturated heterocycles. The van der Waals surface area contributed by atoms with Gasteiger partial charge in [-0.15, -0.1) is 0 Å². The predicted octanol–water partition coefficient (Wildman–Crippen LogP) is 4.30. The van der Waals surface area contributed by atoms with Gasteiger partial charge in [-0.1, -0.05) is 6.07 Å². The summed E-state index contributed by atoms with van der Waals surface area (Å²) < 4.78 is 72.1. The van der Waals surface area contributed by atoms with Gasteiger partial charge in [0, 0.05) is 18.5 Å². The zero-order chi connectivity index (χ0) is 21.4. The van der Waals surface area contributed by atoms with E-state index >= 15 is 0 Å². The predicted molar refractivity (Wildman–Crippen MR) is 94.8 cm³/mol. The first-order valence-electron chi connectivity index (χ1n) is 8.37. The van der Waals surface area contributed by atoms with Gasteiger partial charge in [-0.3, -0.25) is 14.4 Å². The number of halogens is 5. The summed E-state index contributed by atoms with van der Waals surface area (Å²) in [5.74, 6) is -0.498. The molecule has 0 fully saturated rings. The first-order valence-corrected chi connectivity index (χ1v) is 8.37. The van der Waals surface area contributed by atoms with Crippen LogP contribution in [0, 0.1) is 0 Å². The summed E-state index contributed by atoms with van der Waals surface area (Å²) >= 11 is 0. The molecule has 5 nitrogen and oxygen atoms in total. The third kappa shape index (κ3) is 7.40. The van der Waals surface area contributed by atoms with Crippen LogP contribution in [0.5, 0.6) is 11.5 Å². The number of hydrogen-bond donors (Lipinski definition) is 0. The number of alkyl halides is 5. The fraction of sp³-hybridized carbons (Fsp3) is 0.263. The van der Waals surface area contributed by atoms with E-state index in [1.54, 1.807) is 6.92 Å². The van der Waals surface area contributed by atoms with Gasteiger partial charge in [0.25, 0.3) is 5.91 Å². The molecule has 1 aromatic carbocycles. The molecule has 0 bridgehead atoms. The summed E-state index contributed by atoms with van der Waals surface area (Å²) in [5, 5.41) is 0.0892. The molecule has 10 heteroatoms. The van der Waals surface area contributed by atoms with Crippen LogP contribution in [0.15, 0.2) is 53.8 Å². The number of benzene rings is 1. The lowest BCUT2D eigenvalue weighted by molar-refractivity contribution is -0.118. The van der Waals surface area contributed by atoms with Gasteiger partial charge >= 0.3 is 12.8 Å². The highest BCUT2D eigenvalue weighted by Crippen LogP contribution is 2.30. The minimum Gasteiger partial charge on any atom is -0.490 e. The van der Waals surface area contributed by atoms with Crippen LogP contribution in [0.25, 0.3) is 6.08 Å². The van der Waals surface area contributed by atoms with E-state index < -0.39 is 25.2 Å². The van der Waals surface area contributed by atoms with Crippen LogP contribution in [-0.4, -0.2) is 36.4 Å². The van der Waals surface area contributed by atoms with Crippen molar-refractivity contribution in [2.24, 2.45) is 4.99 Å². The van der Waals surface area contributed by atoms with Crippen molar-refractivity contribution in [3.05, 3.63) is 59.7 Å². The quantitative estimate of drug-likeness (QED) is 0.500. The normalized spacial score (nSPS) is 11.7. The van der Waals surface area contributed by atoms with Crippen LogP contribution >= 0.6 is 0 Å². The highest BCUT2D eigenvalue weighted by atomic mass is 19.4. The van der Waals surface area contributed by atoms with Gasteiger partial charge in [0.1, 0.15) is 6.54 Å². The molecule has 29 heavy (non-hydrogen) atoms. The van der Waals surface area contributed by atoms with E-state index in [4.69, 9.17) is 4.74 Å². The van der Waals surface area contributed by atoms with Crippen molar-refractivity contribution in [2.75, 3.05) is 13.2 Å². The minimum absolute atomic E-state index is 0.0892. The number of carbonyl (C=O) groups excluding carboxylic acids is 1. The number of pyridine rings is 1. The molecule has 0 atom stereocenters. The topological polar surface area (TPSA) is 52.8 Å². The number of ether oxygens (including phenoxy) is 2. The van der Waals surface area contributed by atoms with Crippen molar-refractivity contribution < 1.29 is 36.2 Å². The highest BCUT2D eigenvalue weighted by molar-refractivity contribution is 5.93. The summed E-state index contributed by atoms with van der Waals surface area (Å²) in [6.45, 7) is -2.40. The monoisotopic (exact) mass is 416 g/mol. The lowest BCUT2D eigenvalue weighted by atomic mass is 10.2. The Bertz CT molecular complexity index is 916. The van der Waals surface area contributed by atoms with E-state index in [9.17, 15) is 26.7 Å². The Labute approximate surface area is 162 Å². The van der Waals surface area contributed by atoms with E-state index in [2.05, 4.69) is 9.73 Å². The van der Waals surface area contributed by atoms with Crippen LogP contribution in [0.3, 0.4) is 0 Å². The molecule has 0 aliphatic heterocycles. The van der Waals surface area contributed by atoms with Crippen molar-refractivity contribution in [1.82, 2.24) is 4.57 Å². The van der Waals surface area contributed by atoms with E-state index in [1.807, 2.05) is 0 Å². The molecule has 0 aliphatic carbocycles. The zero-order valence-corrected chi connectivity index (χ0v) is 15.2. The highest BCUT2D eigenvalue weighted by Gasteiger charge is 2.25. The summed E-state index contributed by atoms with van der Waals surface area (Å²) in [5.41, 5.74) is 0.501. The van der Waals surface area contributed by atoms with Crippen LogP contribution in [-0.2, 0) is 0 Å². The Morgan fingerprint density at radius 3 is 2.45 bits per heavy atom. The second-order valence-corrected chi connectivity index (χ2v) is 5.58. The van der Waals surface area contributed by atoms with Crippen LogP contribution in [0.2, 0.25) is 0 Å². The number of carbonyl (C=O) groups is 1. The molecule has 0 spiro atoms. The fourth-order valence-electron chi connectivity index (χ4n) is 2.20. The van der Waals surface area contributed by atoms with Gasteiger partial charge in [0.2, 0.25) is 0 Å². The second-order valence-electron chi connectivity index (χ2n) is 5.58. The van der Waals surface area contributed by atoms with E-state index in [1.165, 1.54) is 54.9 Å². The Balaban J connectivity index is 2.12. The average molecular weight is 416 g/mol. The van der Waals surface area contributed by atoms with Crippen LogP contribution in [0.1, 0.15) is 17.3 Å². The minimum atomic E-state index is -4.40. The average Bonchev–Trinajstić information content (AvgIpc) is 2.66. The summed E-state index contributed by atoms with van der Waals surface area (Å²) in [4.78, 5) is 15.6. The molecule has 1 aromatic heterocycles. The fourth-order valence-corrected chi connectivity index (χ4v) is 2.20. The lowest BCUT2D eigenvalue weighted by Gasteiger charge is -2.11. The second kappa shape index (κ2) is 9.85. The van der Waals surface area contributed by atoms with E-state index in [-0.39, 0.29) is 23.5 Å². The Hall–Kier alpha value is -3.17. The van der Waals surface area contributed by atoms with Gasteiger partial charge in [-0.05, 0) is 42.8 Å². The van der Waals surface area contributed by atoms with Crippen molar-refractivity contribution >= 4 is 12.0 Å². The number of allylic oxidation sites excluding steroid dienone is 1. The smallest absolute Gasteiger partial charge is 0.407 e. The molecule has 1 heterocycles. The summed E-state index contributed by atoms with van der Waals surface area (Å²) in [6, 6.07) is 6.76. The molecular formula is C19H17F5N2O3. The van der Waals surface area contributed by atoms with Gasteiger partial charge in [0.05, 0.1) is 12.0 Å². The molecule has 2 rings (SSSR count). The van der Waals surface area contributed by atoms with E-state index in [0.29, 0.717) is 5.56 Å². The first kappa shape index (κ1) is 22.1. The maximum absolute atomic E-state index is 12.4. The summed E-state index contributed by atoms with van der Waals surface area (Å²) in [6.07, 6.45) is 0.817. The molecule has 0 N–H and O–H groups in total. The van der Waals surface area contributed by atoms with Crippen molar-refractivity contribution in [3.63, 3.8) is 0 Å². The first-order chi connectivity index (χ1) is 13.7. The third-order valence-electron chi connectivity index (χ3n) is 3.41. The van der Waals surface area contributed by atoms with E-state index in [0.717, 1.165) is 4.57 Å². The number of rotatable bonds is 7. The molecule has 0 aliphatic rings. The molecule has 0 saturated carbocycles.